The first-order valence-corrected chi connectivity index (χ1v) is 12.6. The SMILES string of the molecule is CSCCC(NC(=O)C(CC(C)C)NC(=O)C(CCC(=O)O)NC(=O)C(N)CCC(N)=O)C(=O)O. The summed E-state index contributed by atoms with van der Waals surface area (Å²) in [4.78, 5) is 71.6. The summed E-state index contributed by atoms with van der Waals surface area (Å²) in [5, 5.41) is 25.7. The molecule has 0 aliphatic carbocycles. The lowest BCUT2D eigenvalue weighted by molar-refractivity contribution is -0.142. The third-order valence-electron chi connectivity index (χ3n) is 4.88. The number of nitrogens with one attached hydrogen (secondary N) is 3. The molecular formula is C21H37N5O8S. The van der Waals surface area contributed by atoms with Crippen LogP contribution in [0.2, 0.25) is 0 Å². The van der Waals surface area contributed by atoms with Gasteiger partial charge in [-0.1, -0.05) is 13.8 Å². The van der Waals surface area contributed by atoms with E-state index in [2.05, 4.69) is 16.0 Å². The van der Waals surface area contributed by atoms with E-state index in [9.17, 15) is 33.9 Å². The minimum Gasteiger partial charge on any atom is -0.481 e. The summed E-state index contributed by atoms with van der Waals surface area (Å²) in [5.74, 6) is -4.95. The Balaban J connectivity index is 5.51. The molecule has 0 fully saturated rings. The predicted molar refractivity (Wildman–Crippen MR) is 129 cm³/mol. The zero-order valence-corrected chi connectivity index (χ0v) is 21.1. The molecule has 0 bridgehead atoms. The van der Waals surface area contributed by atoms with Gasteiger partial charge >= 0.3 is 11.9 Å². The van der Waals surface area contributed by atoms with Crippen molar-refractivity contribution in [2.45, 2.75) is 76.5 Å². The van der Waals surface area contributed by atoms with E-state index in [1.165, 1.54) is 11.8 Å². The number of carbonyl (C=O) groups excluding carboxylic acids is 4. The molecule has 0 spiro atoms. The van der Waals surface area contributed by atoms with Gasteiger partial charge in [0.1, 0.15) is 18.1 Å². The Hall–Kier alpha value is -2.87. The maximum absolute atomic E-state index is 12.9. The lowest BCUT2D eigenvalue weighted by atomic mass is 10.0. The van der Waals surface area contributed by atoms with E-state index in [1.807, 2.05) is 0 Å². The van der Waals surface area contributed by atoms with Crippen LogP contribution in [-0.2, 0) is 28.8 Å². The summed E-state index contributed by atoms with van der Waals surface area (Å²) in [5.41, 5.74) is 10.8. The van der Waals surface area contributed by atoms with Gasteiger partial charge in [0, 0.05) is 12.8 Å². The Kier molecular flexibility index (Phi) is 15.3. The molecule has 0 aromatic heterocycles. The van der Waals surface area contributed by atoms with Crippen molar-refractivity contribution >= 4 is 47.3 Å². The summed E-state index contributed by atoms with van der Waals surface area (Å²) in [7, 11) is 0. The molecular weight excluding hydrogens is 482 g/mol. The Labute approximate surface area is 208 Å². The monoisotopic (exact) mass is 519 g/mol. The van der Waals surface area contributed by atoms with E-state index in [4.69, 9.17) is 16.6 Å². The number of rotatable bonds is 18. The quantitative estimate of drug-likeness (QED) is 0.114. The van der Waals surface area contributed by atoms with Crippen LogP contribution >= 0.6 is 11.8 Å². The smallest absolute Gasteiger partial charge is 0.326 e. The number of thioether (sulfide) groups is 1. The summed E-state index contributed by atoms with van der Waals surface area (Å²) in [6.07, 6.45) is 1.20. The Morgan fingerprint density at radius 2 is 1.34 bits per heavy atom. The highest BCUT2D eigenvalue weighted by Gasteiger charge is 2.31. The van der Waals surface area contributed by atoms with Crippen molar-refractivity contribution < 1.29 is 39.0 Å². The fraction of sp³-hybridized carbons (Fsp3) is 0.714. The van der Waals surface area contributed by atoms with Crippen LogP contribution in [0.4, 0.5) is 0 Å². The van der Waals surface area contributed by atoms with Crippen LogP contribution in [0.3, 0.4) is 0 Å². The van der Waals surface area contributed by atoms with E-state index < -0.39 is 66.2 Å². The number of hydrogen-bond donors (Lipinski definition) is 7. The fourth-order valence-electron chi connectivity index (χ4n) is 2.98. The fourth-order valence-corrected chi connectivity index (χ4v) is 3.46. The second kappa shape index (κ2) is 16.7. The molecule has 0 aromatic carbocycles. The van der Waals surface area contributed by atoms with E-state index >= 15 is 0 Å². The van der Waals surface area contributed by atoms with Crippen LogP contribution in [0.25, 0.3) is 0 Å². The van der Waals surface area contributed by atoms with Gasteiger partial charge in [0.05, 0.1) is 6.04 Å². The summed E-state index contributed by atoms with van der Waals surface area (Å²) in [6.45, 7) is 3.60. The Morgan fingerprint density at radius 3 is 1.83 bits per heavy atom. The van der Waals surface area contributed by atoms with Gasteiger partial charge in [-0.25, -0.2) is 4.79 Å². The Morgan fingerprint density at radius 1 is 0.800 bits per heavy atom. The largest absolute Gasteiger partial charge is 0.481 e. The van der Waals surface area contributed by atoms with E-state index in [0.29, 0.717) is 5.75 Å². The molecule has 14 heteroatoms. The van der Waals surface area contributed by atoms with Gasteiger partial charge in [-0.05, 0) is 43.6 Å². The predicted octanol–water partition coefficient (Wildman–Crippen LogP) is -1.22. The van der Waals surface area contributed by atoms with Crippen molar-refractivity contribution in [3.05, 3.63) is 0 Å². The summed E-state index contributed by atoms with van der Waals surface area (Å²) in [6, 6.07) is -4.75. The van der Waals surface area contributed by atoms with Crippen LogP contribution in [0.1, 0.15) is 52.4 Å². The molecule has 0 aliphatic rings. The number of carboxylic acids is 2. The van der Waals surface area contributed by atoms with Gasteiger partial charge in [-0.3, -0.25) is 24.0 Å². The highest BCUT2D eigenvalue weighted by atomic mass is 32.2. The molecule has 4 amide bonds. The first-order valence-electron chi connectivity index (χ1n) is 11.2. The highest BCUT2D eigenvalue weighted by molar-refractivity contribution is 7.98. The van der Waals surface area contributed by atoms with Crippen molar-refractivity contribution in [2.24, 2.45) is 17.4 Å². The standard InChI is InChI=1S/C21H37N5O8S/c1-11(2)10-15(20(32)25-14(21(33)34)8-9-35-3)26-19(31)13(5-7-17(28)29)24-18(30)12(22)4-6-16(23)27/h11-15H,4-10,22H2,1-3H3,(H2,23,27)(H,24,30)(H,25,32)(H,26,31)(H,28,29)(H,33,34). The maximum atomic E-state index is 12.9. The molecule has 0 aliphatic heterocycles. The normalized spacial score (nSPS) is 14.3. The minimum absolute atomic E-state index is 0.0604. The van der Waals surface area contributed by atoms with Gasteiger partial charge in [0.2, 0.25) is 23.6 Å². The second-order valence-corrected chi connectivity index (χ2v) is 9.46. The summed E-state index contributed by atoms with van der Waals surface area (Å²) < 4.78 is 0. The molecule has 0 saturated heterocycles. The topological polar surface area (TPSA) is 231 Å². The van der Waals surface area contributed by atoms with Crippen molar-refractivity contribution in [3.63, 3.8) is 0 Å². The molecule has 13 nitrogen and oxygen atoms in total. The number of nitrogens with two attached hydrogens (primary N) is 2. The summed E-state index contributed by atoms with van der Waals surface area (Å²) >= 11 is 1.42. The zero-order chi connectivity index (χ0) is 27.1. The molecule has 200 valence electrons. The average Bonchev–Trinajstić information content (AvgIpc) is 2.75. The zero-order valence-electron chi connectivity index (χ0n) is 20.2. The number of aliphatic carboxylic acids is 2. The molecule has 0 rings (SSSR count). The van der Waals surface area contributed by atoms with Crippen LogP contribution in [0, 0.1) is 5.92 Å². The second-order valence-electron chi connectivity index (χ2n) is 8.48. The molecule has 4 unspecified atom stereocenters. The van der Waals surface area contributed by atoms with Gasteiger partial charge in [0.15, 0.2) is 0 Å². The van der Waals surface area contributed by atoms with Crippen molar-refractivity contribution in [2.75, 3.05) is 12.0 Å². The molecule has 9 N–H and O–H groups in total. The molecule has 0 aromatic rings. The number of carboxylic acid groups (broad SMARTS) is 2. The average molecular weight is 520 g/mol. The number of carbonyl (C=O) groups is 6. The van der Waals surface area contributed by atoms with Gasteiger partial charge in [0.25, 0.3) is 0 Å². The maximum Gasteiger partial charge on any atom is 0.326 e. The lowest BCUT2D eigenvalue weighted by Gasteiger charge is -2.26. The first kappa shape index (κ1) is 32.1. The lowest BCUT2D eigenvalue weighted by Crippen LogP contribution is -2.57. The molecule has 0 radical (unpaired) electrons. The van der Waals surface area contributed by atoms with Gasteiger partial charge in [-0.2, -0.15) is 11.8 Å². The first-order chi connectivity index (χ1) is 16.3. The van der Waals surface area contributed by atoms with Crippen LogP contribution < -0.4 is 27.4 Å². The van der Waals surface area contributed by atoms with Crippen molar-refractivity contribution in [1.29, 1.82) is 0 Å². The number of hydrogen-bond acceptors (Lipinski definition) is 8. The molecule has 35 heavy (non-hydrogen) atoms. The number of amides is 4. The van der Waals surface area contributed by atoms with E-state index in [0.717, 1.165) is 0 Å². The molecule has 0 saturated carbocycles. The van der Waals surface area contributed by atoms with Crippen molar-refractivity contribution in [1.82, 2.24) is 16.0 Å². The van der Waals surface area contributed by atoms with Crippen LogP contribution in [0.15, 0.2) is 0 Å². The highest BCUT2D eigenvalue weighted by Crippen LogP contribution is 2.09. The van der Waals surface area contributed by atoms with Gasteiger partial charge in [-0.15, -0.1) is 0 Å². The van der Waals surface area contributed by atoms with Crippen LogP contribution in [0.5, 0.6) is 0 Å². The van der Waals surface area contributed by atoms with Crippen LogP contribution in [-0.4, -0.2) is 82.0 Å². The number of primary amides is 1. The third-order valence-corrected chi connectivity index (χ3v) is 5.53. The molecule has 4 atom stereocenters. The Bertz CT molecular complexity index is 764. The van der Waals surface area contributed by atoms with E-state index in [-0.39, 0.29) is 38.0 Å². The van der Waals surface area contributed by atoms with Gasteiger partial charge < -0.3 is 37.6 Å². The van der Waals surface area contributed by atoms with Crippen molar-refractivity contribution in [3.8, 4) is 0 Å². The minimum atomic E-state index is -1.33. The van der Waals surface area contributed by atoms with E-state index in [1.54, 1.807) is 20.1 Å². The molecule has 0 heterocycles. The third kappa shape index (κ3) is 14.2.